The monoisotopic (exact) mass is 350 g/mol. The Morgan fingerprint density at radius 2 is 2.00 bits per heavy atom. The fourth-order valence-electron chi connectivity index (χ4n) is 3.31. The van der Waals surface area contributed by atoms with Gasteiger partial charge in [-0.2, -0.15) is 13.2 Å². The molecule has 2 aromatic rings. The number of carbonyl (C=O) groups is 1. The lowest BCUT2D eigenvalue weighted by Crippen LogP contribution is -2.32. The molecular formula is C18H17F3N2O2. The Labute approximate surface area is 142 Å². The van der Waals surface area contributed by atoms with E-state index in [1.807, 2.05) is 0 Å². The van der Waals surface area contributed by atoms with Crippen LogP contribution in [0.15, 0.2) is 42.5 Å². The van der Waals surface area contributed by atoms with Crippen LogP contribution in [0.25, 0.3) is 0 Å². The minimum Gasteiger partial charge on any atom is -0.496 e. The van der Waals surface area contributed by atoms with Gasteiger partial charge in [0.05, 0.1) is 7.11 Å². The summed E-state index contributed by atoms with van der Waals surface area (Å²) in [6.07, 6.45) is -4.48. The van der Waals surface area contributed by atoms with Crippen LogP contribution in [0.4, 0.5) is 13.2 Å². The molecule has 132 valence electrons. The summed E-state index contributed by atoms with van der Waals surface area (Å²) in [7, 11) is 1.35. The third-order valence-corrected chi connectivity index (χ3v) is 4.43. The summed E-state index contributed by atoms with van der Waals surface area (Å²) in [5, 5.41) is 2.92. The Morgan fingerprint density at radius 1 is 1.28 bits per heavy atom. The van der Waals surface area contributed by atoms with Gasteiger partial charge in [-0.05, 0) is 29.3 Å². The molecule has 1 heterocycles. The van der Waals surface area contributed by atoms with Crippen molar-refractivity contribution in [1.29, 1.82) is 0 Å². The maximum Gasteiger partial charge on any atom is 0.397 e. The minimum atomic E-state index is -4.48. The van der Waals surface area contributed by atoms with Crippen molar-refractivity contribution in [2.75, 3.05) is 7.11 Å². The molecule has 25 heavy (non-hydrogen) atoms. The molecule has 3 N–H and O–H groups in total. The SMILES string of the molecule is COc1ccccc1[C@H](C1NCc2cc(C(N)=O)ccc21)C(F)(F)F. The zero-order chi connectivity index (χ0) is 18.2. The highest BCUT2D eigenvalue weighted by Crippen LogP contribution is 2.48. The maximum atomic E-state index is 13.9. The van der Waals surface area contributed by atoms with E-state index in [1.54, 1.807) is 18.2 Å². The Morgan fingerprint density at radius 3 is 2.64 bits per heavy atom. The normalized spacial score (nSPS) is 17.8. The van der Waals surface area contributed by atoms with Gasteiger partial charge in [-0.3, -0.25) is 4.79 Å². The molecule has 0 aliphatic carbocycles. The van der Waals surface area contributed by atoms with E-state index in [0.717, 1.165) is 0 Å². The molecule has 0 saturated carbocycles. The quantitative estimate of drug-likeness (QED) is 0.889. The zero-order valence-electron chi connectivity index (χ0n) is 13.4. The average molecular weight is 350 g/mol. The zero-order valence-corrected chi connectivity index (χ0v) is 13.4. The number of nitrogens with two attached hydrogens (primary N) is 1. The number of benzene rings is 2. The van der Waals surface area contributed by atoms with Crippen LogP contribution in [0.5, 0.6) is 5.75 Å². The van der Waals surface area contributed by atoms with E-state index in [-0.39, 0.29) is 23.4 Å². The van der Waals surface area contributed by atoms with Gasteiger partial charge in [0, 0.05) is 23.7 Å². The second-order valence-corrected chi connectivity index (χ2v) is 5.90. The van der Waals surface area contributed by atoms with Gasteiger partial charge in [0.1, 0.15) is 11.7 Å². The summed E-state index contributed by atoms with van der Waals surface area (Å²) >= 11 is 0. The first-order valence-corrected chi connectivity index (χ1v) is 7.68. The highest BCUT2D eigenvalue weighted by Gasteiger charge is 2.49. The van der Waals surface area contributed by atoms with Crippen molar-refractivity contribution in [2.24, 2.45) is 5.73 Å². The van der Waals surface area contributed by atoms with Crippen molar-refractivity contribution in [3.63, 3.8) is 0 Å². The molecule has 3 rings (SSSR count). The maximum absolute atomic E-state index is 13.9. The van der Waals surface area contributed by atoms with Crippen LogP contribution in [-0.2, 0) is 6.54 Å². The predicted molar refractivity (Wildman–Crippen MR) is 86.3 cm³/mol. The van der Waals surface area contributed by atoms with Gasteiger partial charge in [0.15, 0.2) is 0 Å². The van der Waals surface area contributed by atoms with Crippen molar-refractivity contribution < 1.29 is 22.7 Å². The molecule has 1 unspecified atom stereocenters. The Kier molecular flexibility index (Phi) is 4.43. The van der Waals surface area contributed by atoms with E-state index >= 15 is 0 Å². The van der Waals surface area contributed by atoms with E-state index in [1.165, 1.54) is 31.4 Å². The highest BCUT2D eigenvalue weighted by molar-refractivity contribution is 5.93. The molecule has 0 bridgehead atoms. The number of alkyl halides is 3. The fourth-order valence-corrected chi connectivity index (χ4v) is 3.31. The first-order valence-electron chi connectivity index (χ1n) is 7.68. The summed E-state index contributed by atoms with van der Waals surface area (Å²) in [6.45, 7) is 0.239. The molecule has 1 aliphatic heterocycles. The van der Waals surface area contributed by atoms with Crippen molar-refractivity contribution >= 4 is 5.91 Å². The predicted octanol–water partition coefficient (Wildman–Crippen LogP) is 3.28. The summed E-state index contributed by atoms with van der Waals surface area (Å²) in [5.41, 5.74) is 6.75. The number of hydrogen-bond acceptors (Lipinski definition) is 3. The van der Waals surface area contributed by atoms with E-state index in [2.05, 4.69) is 5.32 Å². The lowest BCUT2D eigenvalue weighted by Gasteiger charge is -2.28. The van der Waals surface area contributed by atoms with Crippen molar-refractivity contribution in [2.45, 2.75) is 24.7 Å². The summed E-state index contributed by atoms with van der Waals surface area (Å²) in [4.78, 5) is 11.3. The lowest BCUT2D eigenvalue weighted by molar-refractivity contribution is -0.157. The number of halogens is 3. The van der Waals surface area contributed by atoms with Crippen LogP contribution in [-0.4, -0.2) is 19.2 Å². The van der Waals surface area contributed by atoms with Crippen LogP contribution in [0.2, 0.25) is 0 Å². The van der Waals surface area contributed by atoms with E-state index < -0.39 is 24.0 Å². The van der Waals surface area contributed by atoms with E-state index in [9.17, 15) is 18.0 Å². The van der Waals surface area contributed by atoms with Gasteiger partial charge in [-0.15, -0.1) is 0 Å². The van der Waals surface area contributed by atoms with Crippen LogP contribution >= 0.6 is 0 Å². The number of carbonyl (C=O) groups excluding carboxylic acids is 1. The standard InChI is InChI=1S/C18H17F3N2O2/c1-25-14-5-3-2-4-13(14)15(18(19,20)21)16-12-7-6-10(17(22)24)8-11(12)9-23-16/h2-8,15-16,23H,9H2,1H3,(H2,22,24)/t15-,16?/m1/s1. The first kappa shape index (κ1) is 17.3. The number of nitrogens with one attached hydrogen (secondary N) is 1. The Hall–Kier alpha value is -2.54. The Balaban J connectivity index is 2.08. The van der Waals surface area contributed by atoms with Crippen molar-refractivity contribution in [1.82, 2.24) is 5.32 Å². The van der Waals surface area contributed by atoms with E-state index in [4.69, 9.17) is 10.5 Å². The van der Waals surface area contributed by atoms with Gasteiger partial charge in [-0.25, -0.2) is 0 Å². The number of amides is 1. The number of ether oxygens (including phenoxy) is 1. The van der Waals surface area contributed by atoms with Crippen LogP contribution < -0.4 is 15.8 Å². The molecule has 2 atom stereocenters. The van der Waals surface area contributed by atoms with Gasteiger partial charge in [0.2, 0.25) is 5.91 Å². The number of para-hydroxylation sites is 1. The van der Waals surface area contributed by atoms with Crippen LogP contribution in [0.3, 0.4) is 0 Å². The number of rotatable bonds is 4. The highest BCUT2D eigenvalue weighted by atomic mass is 19.4. The van der Waals surface area contributed by atoms with Gasteiger partial charge in [0.25, 0.3) is 0 Å². The van der Waals surface area contributed by atoms with Gasteiger partial charge in [-0.1, -0.05) is 24.3 Å². The Bertz CT molecular complexity index is 805. The summed E-state index contributed by atoms with van der Waals surface area (Å²) in [5.74, 6) is -2.19. The number of primary amides is 1. The second-order valence-electron chi connectivity index (χ2n) is 5.90. The smallest absolute Gasteiger partial charge is 0.397 e. The van der Waals surface area contributed by atoms with E-state index in [0.29, 0.717) is 11.1 Å². The molecular weight excluding hydrogens is 333 g/mol. The largest absolute Gasteiger partial charge is 0.496 e. The van der Waals surface area contributed by atoms with Gasteiger partial charge < -0.3 is 15.8 Å². The third-order valence-electron chi connectivity index (χ3n) is 4.43. The lowest BCUT2D eigenvalue weighted by atomic mass is 9.86. The summed E-state index contributed by atoms with van der Waals surface area (Å²) < 4.78 is 46.8. The molecule has 0 radical (unpaired) electrons. The molecule has 4 nitrogen and oxygen atoms in total. The fraction of sp³-hybridized carbons (Fsp3) is 0.278. The van der Waals surface area contributed by atoms with Crippen LogP contribution in [0, 0.1) is 0 Å². The number of methoxy groups -OCH3 is 1. The van der Waals surface area contributed by atoms with Crippen molar-refractivity contribution in [3.8, 4) is 5.75 Å². The molecule has 0 saturated heterocycles. The molecule has 1 aliphatic rings. The molecule has 0 fully saturated rings. The van der Waals surface area contributed by atoms with Crippen molar-refractivity contribution in [3.05, 3.63) is 64.7 Å². The van der Waals surface area contributed by atoms with Gasteiger partial charge >= 0.3 is 6.18 Å². The third kappa shape index (κ3) is 3.19. The molecule has 2 aromatic carbocycles. The average Bonchev–Trinajstić information content (AvgIpc) is 2.97. The minimum absolute atomic E-state index is 0.0711. The number of fused-ring (bicyclic) bond motifs is 1. The molecule has 0 spiro atoms. The molecule has 0 aromatic heterocycles. The molecule has 1 amide bonds. The first-order chi connectivity index (χ1) is 11.8. The topological polar surface area (TPSA) is 64.3 Å². The second kappa shape index (κ2) is 6.40. The van der Waals surface area contributed by atoms with Crippen LogP contribution in [0.1, 0.15) is 39.0 Å². The molecule has 7 heteroatoms. The summed E-state index contributed by atoms with van der Waals surface area (Å²) in [6, 6.07) is 9.70. The number of hydrogen-bond donors (Lipinski definition) is 2.